The van der Waals surface area contributed by atoms with Gasteiger partial charge in [0.2, 0.25) is 11.8 Å². The number of hydrogen-bond donors (Lipinski definition) is 4. The Labute approximate surface area is 231 Å². The van der Waals surface area contributed by atoms with Gasteiger partial charge in [0.25, 0.3) is 0 Å². The van der Waals surface area contributed by atoms with Crippen molar-refractivity contribution in [2.75, 3.05) is 18.3 Å². The largest absolute Gasteiger partial charge is 0.478 e. The molecule has 11 heteroatoms. The average Bonchev–Trinajstić information content (AvgIpc) is 3.22. The number of nitrogens with two attached hydrogens (primary N) is 2. The summed E-state index contributed by atoms with van der Waals surface area (Å²) in [6.45, 7) is 0.115. The topological polar surface area (TPSA) is 139 Å². The van der Waals surface area contributed by atoms with Crippen LogP contribution in [-0.2, 0) is 33.6 Å². The van der Waals surface area contributed by atoms with E-state index in [1.165, 1.54) is 24.3 Å². The number of aliphatic carboxylic acids is 1. The maximum absolute atomic E-state index is 13.8. The van der Waals surface area contributed by atoms with Crippen LogP contribution in [0.15, 0.2) is 48.5 Å². The van der Waals surface area contributed by atoms with Gasteiger partial charge in [-0.15, -0.1) is 23.2 Å². The van der Waals surface area contributed by atoms with E-state index in [0.29, 0.717) is 30.7 Å². The highest BCUT2D eigenvalue weighted by Gasteiger charge is 2.54. The first-order valence-corrected chi connectivity index (χ1v) is 13.5. The molecule has 0 aromatic heterocycles. The molecule has 0 spiro atoms. The minimum absolute atomic E-state index is 0.0936. The molecule has 0 radical (unpaired) electrons. The lowest BCUT2D eigenvalue weighted by molar-refractivity contribution is -0.159. The van der Waals surface area contributed by atoms with Crippen molar-refractivity contribution in [3.8, 4) is 0 Å². The molecule has 1 saturated heterocycles. The standard InChI is InChI=1S/C27H33Cl2FN4O4/c28-11-8-17-2-1-3-19(14-17)16-23(33-24(35)22(31)15-18-4-6-21(30)7-5-18)25(36)34-13-10-20(9-12-29)27(34,32)26(37)38/h1-7,14,20,22-23H,8-13,15-16,31-32H2,(H,33,35)(H,37,38)/t20?,22-,23-,27-/m0/s1. The van der Waals surface area contributed by atoms with Gasteiger partial charge in [0.15, 0.2) is 5.66 Å². The Balaban J connectivity index is 1.86. The van der Waals surface area contributed by atoms with Crippen molar-refractivity contribution in [2.24, 2.45) is 17.4 Å². The monoisotopic (exact) mass is 566 g/mol. The first-order valence-electron chi connectivity index (χ1n) is 12.4. The number of nitrogens with zero attached hydrogens (tertiary/aromatic N) is 1. The number of amides is 2. The second-order valence-electron chi connectivity index (χ2n) is 9.54. The summed E-state index contributed by atoms with van der Waals surface area (Å²) in [5, 5.41) is 12.7. The van der Waals surface area contributed by atoms with Crippen molar-refractivity contribution in [3.63, 3.8) is 0 Å². The number of benzene rings is 2. The maximum Gasteiger partial charge on any atom is 0.345 e. The molecular weight excluding hydrogens is 534 g/mol. The van der Waals surface area contributed by atoms with E-state index in [1.807, 2.05) is 24.3 Å². The second-order valence-corrected chi connectivity index (χ2v) is 10.3. The molecule has 2 aromatic carbocycles. The zero-order chi connectivity index (χ0) is 27.9. The third-order valence-corrected chi connectivity index (χ3v) is 7.38. The number of hydrogen-bond acceptors (Lipinski definition) is 5. The molecule has 206 valence electrons. The molecule has 0 saturated carbocycles. The van der Waals surface area contributed by atoms with Gasteiger partial charge in [0.1, 0.15) is 11.9 Å². The van der Waals surface area contributed by atoms with E-state index < -0.39 is 47.3 Å². The molecule has 0 bridgehead atoms. The zero-order valence-corrected chi connectivity index (χ0v) is 22.4. The highest BCUT2D eigenvalue weighted by molar-refractivity contribution is 6.18. The van der Waals surface area contributed by atoms with Gasteiger partial charge in [-0.2, -0.15) is 0 Å². The highest BCUT2D eigenvalue weighted by Crippen LogP contribution is 2.35. The fourth-order valence-corrected chi connectivity index (χ4v) is 5.36. The number of nitrogens with one attached hydrogen (secondary N) is 1. The lowest BCUT2D eigenvalue weighted by atomic mass is 9.91. The van der Waals surface area contributed by atoms with Crippen LogP contribution in [0.5, 0.6) is 0 Å². The van der Waals surface area contributed by atoms with Crippen molar-refractivity contribution in [1.82, 2.24) is 10.2 Å². The molecule has 0 aliphatic carbocycles. The van der Waals surface area contributed by atoms with Crippen LogP contribution >= 0.6 is 23.2 Å². The number of carbonyl (C=O) groups excluding carboxylic acids is 2. The molecule has 6 N–H and O–H groups in total. The summed E-state index contributed by atoms with van der Waals surface area (Å²) < 4.78 is 13.3. The predicted octanol–water partition coefficient (Wildman–Crippen LogP) is 2.42. The first-order chi connectivity index (χ1) is 18.1. The Kier molecular flexibility index (Phi) is 10.5. The smallest absolute Gasteiger partial charge is 0.345 e. The Morgan fingerprint density at radius 3 is 2.39 bits per heavy atom. The zero-order valence-electron chi connectivity index (χ0n) is 20.9. The summed E-state index contributed by atoms with van der Waals surface area (Å²) >= 11 is 11.8. The molecule has 2 amide bonds. The average molecular weight is 567 g/mol. The third kappa shape index (κ3) is 7.02. The molecule has 1 unspecified atom stereocenters. The van der Waals surface area contributed by atoms with Crippen molar-refractivity contribution >= 4 is 41.0 Å². The molecule has 1 aliphatic heterocycles. The number of alkyl halides is 2. The van der Waals surface area contributed by atoms with Crippen LogP contribution < -0.4 is 16.8 Å². The van der Waals surface area contributed by atoms with Crippen LogP contribution in [0.4, 0.5) is 4.39 Å². The summed E-state index contributed by atoms with van der Waals surface area (Å²) in [6.07, 6.45) is 1.54. The third-order valence-electron chi connectivity index (χ3n) is 6.97. The number of carbonyl (C=O) groups is 3. The minimum atomic E-state index is -1.95. The molecule has 8 nitrogen and oxygen atoms in total. The fourth-order valence-electron chi connectivity index (χ4n) is 4.88. The molecule has 1 aliphatic rings. The highest BCUT2D eigenvalue weighted by atomic mass is 35.5. The number of rotatable bonds is 12. The number of likely N-dealkylation sites (tertiary alicyclic amines) is 1. The normalized spacial score (nSPS) is 20.7. The number of carboxylic acids is 1. The van der Waals surface area contributed by atoms with Gasteiger partial charge < -0.3 is 21.1 Å². The van der Waals surface area contributed by atoms with Crippen LogP contribution in [0.1, 0.15) is 29.5 Å². The lowest BCUT2D eigenvalue weighted by Crippen LogP contribution is -2.66. The summed E-state index contributed by atoms with van der Waals surface area (Å²) in [4.78, 5) is 40.3. The van der Waals surface area contributed by atoms with Crippen LogP contribution in [-0.4, -0.2) is 63.8 Å². The minimum Gasteiger partial charge on any atom is -0.478 e. The number of halogens is 3. The van der Waals surface area contributed by atoms with Gasteiger partial charge in [-0.3, -0.25) is 15.3 Å². The van der Waals surface area contributed by atoms with Crippen LogP contribution in [0, 0.1) is 11.7 Å². The molecular formula is C27H33Cl2FN4O4. The predicted molar refractivity (Wildman–Crippen MR) is 144 cm³/mol. The van der Waals surface area contributed by atoms with Crippen molar-refractivity contribution in [2.45, 2.75) is 49.9 Å². The van der Waals surface area contributed by atoms with Crippen LogP contribution in [0.2, 0.25) is 0 Å². The van der Waals surface area contributed by atoms with Gasteiger partial charge in [-0.1, -0.05) is 36.4 Å². The Bertz CT molecular complexity index is 1140. The van der Waals surface area contributed by atoms with E-state index in [-0.39, 0.29) is 25.3 Å². The number of carboxylic acid groups (broad SMARTS) is 1. The van der Waals surface area contributed by atoms with Crippen LogP contribution in [0.25, 0.3) is 0 Å². The molecule has 3 rings (SSSR count). The Hall–Kier alpha value is -2.72. The SMILES string of the molecule is N[C@@H](Cc1ccc(F)cc1)C(=O)N[C@@H](Cc1cccc(CCCl)c1)C(=O)N1CCC(CCCl)[C@@]1(N)C(=O)O. The van der Waals surface area contributed by atoms with E-state index in [1.54, 1.807) is 0 Å². The second kappa shape index (κ2) is 13.4. The lowest BCUT2D eigenvalue weighted by Gasteiger charge is -2.37. The van der Waals surface area contributed by atoms with E-state index >= 15 is 0 Å². The van der Waals surface area contributed by atoms with E-state index in [2.05, 4.69) is 5.32 Å². The van der Waals surface area contributed by atoms with E-state index in [4.69, 9.17) is 34.7 Å². The molecule has 4 atom stereocenters. The molecule has 1 heterocycles. The fraction of sp³-hybridized carbons (Fsp3) is 0.444. The van der Waals surface area contributed by atoms with Crippen molar-refractivity contribution in [1.29, 1.82) is 0 Å². The molecule has 38 heavy (non-hydrogen) atoms. The summed E-state index contributed by atoms with van der Waals surface area (Å²) in [5.41, 5.74) is 12.9. The number of aryl methyl sites for hydroxylation is 1. The first kappa shape index (κ1) is 29.8. The van der Waals surface area contributed by atoms with Crippen LogP contribution in [0.3, 0.4) is 0 Å². The quantitative estimate of drug-likeness (QED) is 0.291. The maximum atomic E-state index is 13.8. The molecule has 1 fully saturated rings. The Morgan fingerprint density at radius 1 is 1.08 bits per heavy atom. The van der Waals surface area contributed by atoms with E-state index in [0.717, 1.165) is 16.0 Å². The summed E-state index contributed by atoms with van der Waals surface area (Å²) in [6, 6.07) is 10.9. The van der Waals surface area contributed by atoms with Gasteiger partial charge in [0, 0.05) is 30.6 Å². The molecule has 2 aromatic rings. The van der Waals surface area contributed by atoms with E-state index in [9.17, 15) is 23.9 Å². The van der Waals surface area contributed by atoms with Crippen molar-refractivity contribution in [3.05, 3.63) is 71.0 Å². The van der Waals surface area contributed by atoms with Gasteiger partial charge in [-0.25, -0.2) is 9.18 Å². The van der Waals surface area contributed by atoms with Crippen molar-refractivity contribution < 1.29 is 23.9 Å². The summed E-state index contributed by atoms with van der Waals surface area (Å²) in [5.74, 6) is -2.87. The van der Waals surface area contributed by atoms with Gasteiger partial charge >= 0.3 is 5.97 Å². The summed E-state index contributed by atoms with van der Waals surface area (Å²) in [7, 11) is 0. The van der Waals surface area contributed by atoms with Gasteiger partial charge in [0.05, 0.1) is 6.04 Å². The van der Waals surface area contributed by atoms with Gasteiger partial charge in [-0.05, 0) is 54.5 Å². The Morgan fingerprint density at radius 2 is 1.76 bits per heavy atom.